The fraction of sp³-hybridized carbons (Fsp3) is 0.0526. The van der Waals surface area contributed by atoms with Crippen molar-refractivity contribution in [2.24, 2.45) is 5.73 Å². The number of para-hydroxylation sites is 1. The van der Waals surface area contributed by atoms with E-state index in [1.54, 1.807) is 22.9 Å². The molecule has 2 heterocycles. The number of amides is 1. The highest BCUT2D eigenvalue weighted by Crippen LogP contribution is 2.27. The van der Waals surface area contributed by atoms with Crippen molar-refractivity contribution in [3.05, 3.63) is 71.7 Å². The predicted molar refractivity (Wildman–Crippen MR) is 99.2 cm³/mol. The largest absolute Gasteiger partial charge is 0.383 e. The number of hydrogen-bond acceptors (Lipinski definition) is 5. The SMILES string of the molecule is NC(=O)c1cnc(-c2nn(Cc3ccccc3F)c3ccccc23)nc1N. The van der Waals surface area contributed by atoms with Crippen LogP contribution in [0.15, 0.2) is 54.7 Å². The van der Waals surface area contributed by atoms with Crippen molar-refractivity contribution in [2.45, 2.75) is 6.54 Å². The highest BCUT2D eigenvalue weighted by molar-refractivity contribution is 5.97. The van der Waals surface area contributed by atoms with Crippen LogP contribution in [0.25, 0.3) is 22.4 Å². The molecule has 4 N–H and O–H groups in total. The molecule has 0 saturated heterocycles. The van der Waals surface area contributed by atoms with Crippen LogP contribution >= 0.6 is 0 Å². The Bertz CT molecular complexity index is 1170. The Hall–Kier alpha value is -3.81. The third kappa shape index (κ3) is 2.97. The molecule has 4 aromatic rings. The second-order valence-corrected chi connectivity index (χ2v) is 5.97. The van der Waals surface area contributed by atoms with Crippen LogP contribution in [0.1, 0.15) is 15.9 Å². The number of halogens is 1. The van der Waals surface area contributed by atoms with Gasteiger partial charge in [-0.15, -0.1) is 0 Å². The third-order valence-electron chi connectivity index (χ3n) is 4.23. The molecule has 0 aliphatic carbocycles. The van der Waals surface area contributed by atoms with Gasteiger partial charge in [0, 0.05) is 17.1 Å². The Balaban J connectivity index is 1.84. The summed E-state index contributed by atoms with van der Waals surface area (Å²) in [4.78, 5) is 19.7. The molecule has 8 heteroatoms. The zero-order valence-electron chi connectivity index (χ0n) is 14.1. The van der Waals surface area contributed by atoms with Crippen LogP contribution in [0.2, 0.25) is 0 Å². The quantitative estimate of drug-likeness (QED) is 0.579. The average molecular weight is 362 g/mol. The van der Waals surface area contributed by atoms with Crippen LogP contribution in [0, 0.1) is 5.82 Å². The molecule has 7 nitrogen and oxygen atoms in total. The summed E-state index contributed by atoms with van der Waals surface area (Å²) in [6, 6.07) is 14.0. The summed E-state index contributed by atoms with van der Waals surface area (Å²) in [5.41, 5.74) is 12.9. The molecule has 1 amide bonds. The lowest BCUT2D eigenvalue weighted by molar-refractivity contribution is 0.100. The fourth-order valence-electron chi connectivity index (χ4n) is 2.90. The molecule has 0 atom stereocenters. The van der Waals surface area contributed by atoms with Gasteiger partial charge in [-0.1, -0.05) is 36.4 Å². The summed E-state index contributed by atoms with van der Waals surface area (Å²) in [5, 5.41) is 5.36. The number of nitrogens with two attached hydrogens (primary N) is 2. The molecule has 0 bridgehead atoms. The van der Waals surface area contributed by atoms with Crippen molar-refractivity contribution in [3.8, 4) is 11.5 Å². The van der Waals surface area contributed by atoms with E-state index in [1.807, 2.05) is 24.3 Å². The Morgan fingerprint density at radius 2 is 1.85 bits per heavy atom. The summed E-state index contributed by atoms with van der Waals surface area (Å²) >= 11 is 0. The average Bonchev–Trinajstić information content (AvgIpc) is 3.02. The maximum Gasteiger partial charge on any atom is 0.254 e. The minimum absolute atomic E-state index is 0.0137. The summed E-state index contributed by atoms with van der Waals surface area (Å²) in [7, 11) is 0. The van der Waals surface area contributed by atoms with Gasteiger partial charge in [-0.2, -0.15) is 5.10 Å². The maximum absolute atomic E-state index is 14.1. The van der Waals surface area contributed by atoms with E-state index in [-0.39, 0.29) is 29.6 Å². The number of nitrogens with zero attached hydrogens (tertiary/aromatic N) is 4. The van der Waals surface area contributed by atoms with Crippen LogP contribution in [-0.2, 0) is 6.54 Å². The third-order valence-corrected chi connectivity index (χ3v) is 4.23. The van der Waals surface area contributed by atoms with E-state index in [2.05, 4.69) is 15.1 Å². The molecule has 0 aliphatic heterocycles. The van der Waals surface area contributed by atoms with Crippen molar-refractivity contribution in [2.75, 3.05) is 5.73 Å². The summed E-state index contributed by atoms with van der Waals surface area (Å²) in [5.74, 6) is -0.750. The van der Waals surface area contributed by atoms with Gasteiger partial charge in [0.05, 0.1) is 17.6 Å². The summed E-state index contributed by atoms with van der Waals surface area (Å²) < 4.78 is 15.7. The van der Waals surface area contributed by atoms with Gasteiger partial charge < -0.3 is 11.5 Å². The van der Waals surface area contributed by atoms with Crippen molar-refractivity contribution < 1.29 is 9.18 Å². The van der Waals surface area contributed by atoms with Gasteiger partial charge in [-0.3, -0.25) is 9.48 Å². The van der Waals surface area contributed by atoms with Crippen molar-refractivity contribution in [1.29, 1.82) is 0 Å². The number of nitrogen functional groups attached to an aromatic ring is 1. The maximum atomic E-state index is 14.1. The number of fused-ring (bicyclic) bond motifs is 1. The lowest BCUT2D eigenvalue weighted by Gasteiger charge is -2.05. The highest BCUT2D eigenvalue weighted by atomic mass is 19.1. The molecule has 4 rings (SSSR count). The van der Waals surface area contributed by atoms with Gasteiger partial charge in [-0.05, 0) is 12.1 Å². The molecule has 2 aromatic carbocycles. The first-order chi connectivity index (χ1) is 13.0. The Kier molecular flexibility index (Phi) is 4.00. The first kappa shape index (κ1) is 16.6. The van der Waals surface area contributed by atoms with Gasteiger partial charge in [0.1, 0.15) is 17.3 Å². The van der Waals surface area contributed by atoms with E-state index in [1.165, 1.54) is 12.3 Å². The zero-order valence-corrected chi connectivity index (χ0v) is 14.1. The normalized spacial score (nSPS) is 11.0. The zero-order chi connectivity index (χ0) is 19.0. The molecule has 0 fully saturated rings. The van der Waals surface area contributed by atoms with E-state index < -0.39 is 5.91 Å². The Morgan fingerprint density at radius 3 is 2.59 bits per heavy atom. The number of anilines is 1. The van der Waals surface area contributed by atoms with Gasteiger partial charge in [0.2, 0.25) is 0 Å². The molecule has 0 saturated carbocycles. The van der Waals surface area contributed by atoms with Gasteiger partial charge in [0.15, 0.2) is 5.82 Å². The standard InChI is InChI=1S/C19H15FN6O/c20-14-7-3-1-5-11(14)10-26-15-8-4-2-6-12(15)16(25-26)19-23-9-13(18(22)27)17(21)24-19/h1-9H,10H2,(H2,22,27)(H2,21,23,24). The van der Waals surface area contributed by atoms with Gasteiger partial charge in [-0.25, -0.2) is 14.4 Å². The summed E-state index contributed by atoms with van der Waals surface area (Å²) in [6.45, 7) is 0.252. The van der Waals surface area contributed by atoms with E-state index in [0.29, 0.717) is 11.3 Å². The van der Waals surface area contributed by atoms with Gasteiger partial charge >= 0.3 is 0 Å². The monoisotopic (exact) mass is 362 g/mol. The lowest BCUT2D eigenvalue weighted by Crippen LogP contribution is -2.15. The van der Waals surface area contributed by atoms with Crippen LogP contribution < -0.4 is 11.5 Å². The number of carbonyl (C=O) groups is 1. The number of aromatic nitrogens is 4. The Morgan fingerprint density at radius 1 is 1.11 bits per heavy atom. The lowest BCUT2D eigenvalue weighted by atomic mass is 10.2. The van der Waals surface area contributed by atoms with Crippen LogP contribution in [0.3, 0.4) is 0 Å². The van der Waals surface area contributed by atoms with E-state index in [4.69, 9.17) is 11.5 Å². The number of carbonyl (C=O) groups excluding carboxylic acids is 1. The number of rotatable bonds is 4. The van der Waals surface area contributed by atoms with E-state index >= 15 is 0 Å². The number of primary amides is 1. The molecular weight excluding hydrogens is 347 g/mol. The topological polar surface area (TPSA) is 113 Å². The van der Waals surface area contributed by atoms with Crippen LogP contribution in [-0.4, -0.2) is 25.7 Å². The molecule has 0 spiro atoms. The molecule has 27 heavy (non-hydrogen) atoms. The molecule has 0 radical (unpaired) electrons. The van der Waals surface area contributed by atoms with Crippen LogP contribution in [0.5, 0.6) is 0 Å². The first-order valence-corrected chi connectivity index (χ1v) is 8.16. The Labute approximate surface area is 153 Å². The molecular formula is C19H15FN6O. The van der Waals surface area contributed by atoms with E-state index in [0.717, 1.165) is 10.9 Å². The van der Waals surface area contributed by atoms with Crippen molar-refractivity contribution >= 4 is 22.6 Å². The van der Waals surface area contributed by atoms with Crippen molar-refractivity contribution in [1.82, 2.24) is 19.7 Å². The molecule has 0 unspecified atom stereocenters. The number of hydrogen-bond donors (Lipinski definition) is 2. The van der Waals surface area contributed by atoms with Crippen molar-refractivity contribution in [3.63, 3.8) is 0 Å². The predicted octanol–water partition coefficient (Wildman–Crippen LogP) is 2.36. The number of benzene rings is 2. The highest BCUT2D eigenvalue weighted by Gasteiger charge is 2.17. The minimum atomic E-state index is -0.700. The first-order valence-electron chi connectivity index (χ1n) is 8.16. The molecule has 0 aliphatic rings. The van der Waals surface area contributed by atoms with Gasteiger partial charge in [0.25, 0.3) is 5.91 Å². The molecule has 2 aromatic heterocycles. The second-order valence-electron chi connectivity index (χ2n) is 5.97. The second kappa shape index (κ2) is 6.49. The molecule has 134 valence electrons. The summed E-state index contributed by atoms with van der Waals surface area (Å²) in [6.07, 6.45) is 1.28. The smallest absolute Gasteiger partial charge is 0.254 e. The minimum Gasteiger partial charge on any atom is -0.383 e. The van der Waals surface area contributed by atoms with E-state index in [9.17, 15) is 9.18 Å². The fourth-order valence-corrected chi connectivity index (χ4v) is 2.90. The van der Waals surface area contributed by atoms with Crippen LogP contribution in [0.4, 0.5) is 10.2 Å².